The van der Waals surface area contributed by atoms with Gasteiger partial charge in [0.05, 0.1) is 0 Å². The Hall–Kier alpha value is -1.47. The van der Waals surface area contributed by atoms with Crippen LogP contribution in [0, 0.1) is 13.8 Å². The third-order valence-electron chi connectivity index (χ3n) is 2.71. The maximum Gasteiger partial charge on any atom is 0.267 e. The summed E-state index contributed by atoms with van der Waals surface area (Å²) in [4.78, 5) is 1.20. The molecule has 2 rings (SSSR count). The largest absolute Gasteiger partial charge is 0.360 e. The van der Waals surface area contributed by atoms with Gasteiger partial charge in [-0.25, -0.2) is 8.42 Å². The van der Waals surface area contributed by atoms with Crippen molar-refractivity contribution in [3.05, 3.63) is 35.7 Å². The molecular formula is C14H18N2O3S2. The zero-order valence-electron chi connectivity index (χ0n) is 12.4. The third kappa shape index (κ3) is 3.79. The molecule has 7 heteroatoms. The first-order chi connectivity index (χ1) is 9.79. The van der Waals surface area contributed by atoms with E-state index in [1.54, 1.807) is 37.7 Å². The number of anilines is 1. The lowest BCUT2D eigenvalue weighted by molar-refractivity contribution is 0.390. The fourth-order valence-electron chi connectivity index (χ4n) is 1.94. The summed E-state index contributed by atoms with van der Waals surface area (Å²) in [5.41, 5.74) is 0.870. The Bertz CT molecular complexity index is 700. The molecule has 0 aliphatic rings. The second-order valence-corrected chi connectivity index (χ2v) is 8.22. The van der Waals surface area contributed by atoms with Crippen LogP contribution < -0.4 is 4.72 Å². The SMILES string of the molecule is Cc1noc(C)c1S(=O)(=O)Nc1ccc(SC(C)C)cc1. The molecule has 0 atom stereocenters. The molecule has 21 heavy (non-hydrogen) atoms. The second-order valence-electron chi connectivity index (χ2n) is 4.95. The molecule has 1 aromatic carbocycles. The maximum atomic E-state index is 12.4. The fraction of sp³-hybridized carbons (Fsp3) is 0.357. The number of thioether (sulfide) groups is 1. The molecule has 0 amide bonds. The number of aryl methyl sites for hydroxylation is 2. The van der Waals surface area contributed by atoms with Crippen molar-refractivity contribution in [2.75, 3.05) is 4.72 Å². The summed E-state index contributed by atoms with van der Waals surface area (Å²) in [6, 6.07) is 7.30. The minimum absolute atomic E-state index is 0.100. The third-order valence-corrected chi connectivity index (χ3v) is 5.36. The number of nitrogens with zero attached hydrogens (tertiary/aromatic N) is 1. The summed E-state index contributed by atoms with van der Waals surface area (Å²) in [7, 11) is -3.68. The summed E-state index contributed by atoms with van der Waals surface area (Å²) in [6.45, 7) is 7.40. The van der Waals surface area contributed by atoms with Crippen LogP contribution in [0.5, 0.6) is 0 Å². The molecule has 2 aromatic rings. The average Bonchev–Trinajstić information content (AvgIpc) is 2.71. The molecule has 0 unspecified atom stereocenters. The van der Waals surface area contributed by atoms with E-state index in [4.69, 9.17) is 4.52 Å². The van der Waals surface area contributed by atoms with E-state index < -0.39 is 10.0 Å². The number of nitrogens with one attached hydrogen (secondary N) is 1. The quantitative estimate of drug-likeness (QED) is 0.850. The highest BCUT2D eigenvalue weighted by Crippen LogP contribution is 2.26. The van der Waals surface area contributed by atoms with E-state index in [0.717, 1.165) is 4.90 Å². The minimum Gasteiger partial charge on any atom is -0.360 e. The van der Waals surface area contributed by atoms with Crippen molar-refractivity contribution in [2.45, 2.75) is 42.7 Å². The van der Waals surface area contributed by atoms with Crippen molar-refractivity contribution in [2.24, 2.45) is 0 Å². The monoisotopic (exact) mass is 326 g/mol. The van der Waals surface area contributed by atoms with Gasteiger partial charge in [-0.1, -0.05) is 19.0 Å². The van der Waals surface area contributed by atoms with Crippen molar-refractivity contribution in [1.82, 2.24) is 5.16 Å². The van der Waals surface area contributed by atoms with E-state index in [9.17, 15) is 8.42 Å². The predicted octanol–water partition coefficient (Wildman–Crippen LogP) is 3.59. The van der Waals surface area contributed by atoms with E-state index in [2.05, 4.69) is 23.7 Å². The van der Waals surface area contributed by atoms with Crippen LogP contribution in [0.2, 0.25) is 0 Å². The zero-order valence-corrected chi connectivity index (χ0v) is 14.0. The minimum atomic E-state index is -3.68. The van der Waals surface area contributed by atoms with Gasteiger partial charge in [0.15, 0.2) is 10.7 Å². The van der Waals surface area contributed by atoms with Gasteiger partial charge in [0.2, 0.25) is 0 Å². The maximum absolute atomic E-state index is 12.4. The lowest BCUT2D eigenvalue weighted by atomic mass is 10.3. The molecule has 1 heterocycles. The van der Waals surface area contributed by atoms with Crippen LogP contribution in [-0.4, -0.2) is 18.8 Å². The van der Waals surface area contributed by atoms with Gasteiger partial charge in [-0.05, 0) is 38.1 Å². The summed E-state index contributed by atoms with van der Waals surface area (Å²) >= 11 is 1.73. The first kappa shape index (κ1) is 15.9. The fourth-order valence-corrected chi connectivity index (χ4v) is 4.17. The van der Waals surface area contributed by atoms with Crippen LogP contribution >= 0.6 is 11.8 Å². The van der Waals surface area contributed by atoms with E-state index in [1.165, 1.54) is 0 Å². The molecule has 0 radical (unpaired) electrons. The Morgan fingerprint density at radius 2 is 1.81 bits per heavy atom. The molecule has 0 bridgehead atoms. The van der Waals surface area contributed by atoms with Crippen LogP contribution in [0.1, 0.15) is 25.3 Å². The van der Waals surface area contributed by atoms with E-state index in [-0.39, 0.29) is 10.7 Å². The summed E-state index contributed by atoms with van der Waals surface area (Å²) in [6.07, 6.45) is 0. The van der Waals surface area contributed by atoms with E-state index in [0.29, 0.717) is 16.6 Å². The predicted molar refractivity (Wildman–Crippen MR) is 84.2 cm³/mol. The molecular weight excluding hydrogens is 308 g/mol. The smallest absolute Gasteiger partial charge is 0.267 e. The number of hydrogen-bond acceptors (Lipinski definition) is 5. The molecule has 0 spiro atoms. The first-order valence-corrected chi connectivity index (χ1v) is 8.88. The van der Waals surface area contributed by atoms with Gasteiger partial charge in [-0.15, -0.1) is 11.8 Å². The number of benzene rings is 1. The highest BCUT2D eigenvalue weighted by molar-refractivity contribution is 7.99. The molecule has 0 saturated heterocycles. The van der Waals surface area contributed by atoms with Gasteiger partial charge < -0.3 is 4.52 Å². The van der Waals surface area contributed by atoms with E-state index in [1.807, 2.05) is 12.1 Å². The molecule has 0 saturated carbocycles. The summed E-state index contributed by atoms with van der Waals surface area (Å²) < 4.78 is 32.2. The van der Waals surface area contributed by atoms with Gasteiger partial charge >= 0.3 is 0 Å². The van der Waals surface area contributed by atoms with Gasteiger partial charge in [0.1, 0.15) is 5.69 Å². The standard InChI is InChI=1S/C14H18N2O3S2/c1-9(2)20-13-7-5-12(6-8-13)16-21(17,18)14-10(3)15-19-11(14)4/h5-9,16H,1-4H3. The Labute approximate surface area is 129 Å². The summed E-state index contributed by atoms with van der Waals surface area (Å²) in [5.74, 6) is 0.284. The molecule has 114 valence electrons. The topological polar surface area (TPSA) is 72.2 Å². The molecule has 5 nitrogen and oxygen atoms in total. The van der Waals surface area contributed by atoms with Crippen LogP contribution in [-0.2, 0) is 10.0 Å². The Morgan fingerprint density at radius 1 is 1.19 bits per heavy atom. The molecule has 0 aliphatic heterocycles. The van der Waals surface area contributed by atoms with E-state index >= 15 is 0 Å². The van der Waals surface area contributed by atoms with Crippen molar-refractivity contribution in [1.29, 1.82) is 0 Å². The lowest BCUT2D eigenvalue weighted by Gasteiger charge is -2.09. The zero-order chi connectivity index (χ0) is 15.6. The number of hydrogen-bond donors (Lipinski definition) is 1. The second kappa shape index (κ2) is 6.11. The molecule has 1 N–H and O–H groups in total. The van der Waals surface area contributed by atoms with Crippen molar-refractivity contribution < 1.29 is 12.9 Å². The first-order valence-electron chi connectivity index (χ1n) is 6.52. The highest BCUT2D eigenvalue weighted by Gasteiger charge is 2.24. The Kier molecular flexibility index (Phi) is 4.63. The lowest BCUT2D eigenvalue weighted by Crippen LogP contribution is -2.14. The van der Waals surface area contributed by atoms with Gasteiger partial charge in [0.25, 0.3) is 10.0 Å². The number of aromatic nitrogens is 1. The van der Waals surface area contributed by atoms with Crippen LogP contribution in [0.25, 0.3) is 0 Å². The van der Waals surface area contributed by atoms with Gasteiger partial charge in [-0.3, -0.25) is 4.72 Å². The number of rotatable bonds is 5. The number of sulfonamides is 1. The van der Waals surface area contributed by atoms with Gasteiger partial charge in [0, 0.05) is 15.8 Å². The Balaban J connectivity index is 2.21. The Morgan fingerprint density at radius 3 is 2.29 bits per heavy atom. The van der Waals surface area contributed by atoms with Crippen molar-refractivity contribution in [3.8, 4) is 0 Å². The average molecular weight is 326 g/mol. The van der Waals surface area contributed by atoms with Crippen LogP contribution in [0.15, 0.2) is 38.6 Å². The van der Waals surface area contributed by atoms with Crippen LogP contribution in [0.3, 0.4) is 0 Å². The molecule has 0 fully saturated rings. The van der Waals surface area contributed by atoms with Crippen molar-refractivity contribution >= 4 is 27.5 Å². The van der Waals surface area contributed by atoms with Crippen molar-refractivity contribution in [3.63, 3.8) is 0 Å². The highest BCUT2D eigenvalue weighted by atomic mass is 32.2. The summed E-state index contributed by atoms with van der Waals surface area (Å²) in [5, 5.41) is 4.15. The van der Waals surface area contributed by atoms with Gasteiger partial charge in [-0.2, -0.15) is 0 Å². The normalized spacial score (nSPS) is 11.9. The molecule has 1 aromatic heterocycles. The van der Waals surface area contributed by atoms with Crippen LogP contribution in [0.4, 0.5) is 5.69 Å². The molecule has 0 aliphatic carbocycles.